The normalized spacial score (nSPS) is 16.1. The molecular weight excluding hydrogens is 386 g/mol. The molecule has 2 aromatic carbocycles. The molecule has 156 valence electrons. The number of rotatable bonds is 6. The molecule has 0 aliphatic carbocycles. The quantitative estimate of drug-likeness (QED) is 0.787. The number of nitrogens with zero attached hydrogens (tertiary/aromatic N) is 2. The number of piperazine rings is 1. The molecule has 1 aliphatic rings. The Morgan fingerprint density at radius 3 is 2.10 bits per heavy atom. The van der Waals surface area contributed by atoms with Crippen molar-refractivity contribution in [3.63, 3.8) is 0 Å². The molecule has 0 atom stereocenters. The Bertz CT molecular complexity index is 930. The second-order valence-electron chi connectivity index (χ2n) is 7.89. The maximum absolute atomic E-state index is 12.6. The number of anilines is 1. The standard InChI is InChI=1S/C22H29N3O3S/c1-17(2)19-8-10-21(11-9-19)23-22(26)20-6-4-18(5-7-20)16-29(27,28)25-14-12-24(3)13-15-25/h4-11,17H,12-16H2,1-3H3,(H,23,26). The maximum Gasteiger partial charge on any atom is 0.255 e. The van der Waals surface area contributed by atoms with E-state index in [4.69, 9.17) is 0 Å². The summed E-state index contributed by atoms with van der Waals surface area (Å²) in [6.45, 7) is 6.79. The van der Waals surface area contributed by atoms with Gasteiger partial charge in [-0.3, -0.25) is 4.79 Å². The minimum absolute atomic E-state index is 0.0464. The molecule has 0 unspecified atom stereocenters. The van der Waals surface area contributed by atoms with Gasteiger partial charge in [-0.2, -0.15) is 4.31 Å². The summed E-state index contributed by atoms with van der Waals surface area (Å²) in [4.78, 5) is 14.6. The zero-order valence-corrected chi connectivity index (χ0v) is 18.1. The molecule has 1 aliphatic heterocycles. The molecule has 1 heterocycles. The van der Waals surface area contributed by atoms with E-state index < -0.39 is 10.0 Å². The van der Waals surface area contributed by atoms with E-state index in [0.717, 1.165) is 18.8 Å². The number of carbonyl (C=O) groups excluding carboxylic acids is 1. The van der Waals surface area contributed by atoms with Crippen LogP contribution in [0.3, 0.4) is 0 Å². The van der Waals surface area contributed by atoms with E-state index in [-0.39, 0.29) is 11.7 Å². The monoisotopic (exact) mass is 415 g/mol. The first-order valence-corrected chi connectivity index (χ1v) is 11.5. The van der Waals surface area contributed by atoms with Crippen LogP contribution in [0.25, 0.3) is 0 Å². The molecule has 0 bridgehead atoms. The van der Waals surface area contributed by atoms with Gasteiger partial charge in [-0.15, -0.1) is 0 Å². The number of likely N-dealkylation sites (N-methyl/N-ethyl adjacent to an activating group) is 1. The first-order valence-electron chi connectivity index (χ1n) is 9.91. The van der Waals surface area contributed by atoms with Gasteiger partial charge in [-0.05, 0) is 48.4 Å². The van der Waals surface area contributed by atoms with Gasteiger partial charge in [0.05, 0.1) is 5.75 Å². The number of nitrogens with one attached hydrogen (secondary N) is 1. The van der Waals surface area contributed by atoms with Crippen LogP contribution in [0.2, 0.25) is 0 Å². The summed E-state index contributed by atoms with van der Waals surface area (Å²) in [6.07, 6.45) is 0. The van der Waals surface area contributed by atoms with Crippen LogP contribution < -0.4 is 5.32 Å². The summed E-state index contributed by atoms with van der Waals surface area (Å²) in [5.74, 6) is 0.181. The molecule has 0 spiro atoms. The smallest absolute Gasteiger partial charge is 0.255 e. The Hall–Kier alpha value is -2.22. The summed E-state index contributed by atoms with van der Waals surface area (Å²) in [7, 11) is -1.35. The minimum Gasteiger partial charge on any atom is -0.322 e. The average molecular weight is 416 g/mol. The highest BCUT2D eigenvalue weighted by Gasteiger charge is 2.25. The van der Waals surface area contributed by atoms with Crippen molar-refractivity contribution < 1.29 is 13.2 Å². The van der Waals surface area contributed by atoms with Crippen molar-refractivity contribution in [1.29, 1.82) is 0 Å². The molecule has 29 heavy (non-hydrogen) atoms. The molecule has 6 nitrogen and oxygen atoms in total. The third kappa shape index (κ3) is 5.65. The van der Waals surface area contributed by atoms with E-state index in [0.29, 0.717) is 30.1 Å². The molecular formula is C22H29N3O3S. The van der Waals surface area contributed by atoms with E-state index in [1.54, 1.807) is 28.6 Å². The number of hydrogen-bond donors (Lipinski definition) is 1. The maximum atomic E-state index is 12.6. The number of hydrogen-bond acceptors (Lipinski definition) is 4. The van der Waals surface area contributed by atoms with Gasteiger partial charge in [-0.1, -0.05) is 38.1 Å². The number of amides is 1. The van der Waals surface area contributed by atoms with Crippen molar-refractivity contribution in [3.05, 3.63) is 65.2 Å². The van der Waals surface area contributed by atoms with Crippen molar-refractivity contribution in [1.82, 2.24) is 9.21 Å². The van der Waals surface area contributed by atoms with Crippen molar-refractivity contribution in [2.24, 2.45) is 0 Å². The summed E-state index contributed by atoms with van der Waals surface area (Å²) in [6, 6.07) is 14.6. The molecule has 1 saturated heterocycles. The van der Waals surface area contributed by atoms with Crippen LogP contribution in [0, 0.1) is 0 Å². The van der Waals surface area contributed by atoms with Crippen molar-refractivity contribution in [2.45, 2.75) is 25.5 Å². The first kappa shape index (κ1) is 21.5. The lowest BCUT2D eigenvalue weighted by atomic mass is 10.0. The topological polar surface area (TPSA) is 69.7 Å². The van der Waals surface area contributed by atoms with E-state index in [2.05, 4.69) is 24.1 Å². The molecule has 0 radical (unpaired) electrons. The Kier molecular flexibility index (Phi) is 6.72. The highest BCUT2D eigenvalue weighted by Crippen LogP contribution is 2.18. The van der Waals surface area contributed by atoms with Crippen LogP contribution in [0.1, 0.15) is 41.3 Å². The fourth-order valence-corrected chi connectivity index (χ4v) is 4.79. The van der Waals surface area contributed by atoms with Crippen LogP contribution in [0.4, 0.5) is 5.69 Å². The molecule has 7 heteroatoms. The van der Waals surface area contributed by atoms with Crippen molar-refractivity contribution >= 4 is 21.6 Å². The summed E-state index contributed by atoms with van der Waals surface area (Å²) in [5, 5.41) is 2.88. The number of sulfonamides is 1. The molecule has 1 amide bonds. The molecule has 2 aromatic rings. The van der Waals surface area contributed by atoms with E-state index in [1.807, 2.05) is 31.3 Å². The molecule has 3 rings (SSSR count). The molecule has 0 saturated carbocycles. The molecule has 1 N–H and O–H groups in total. The van der Waals surface area contributed by atoms with Gasteiger partial charge in [0.15, 0.2) is 0 Å². The Balaban J connectivity index is 1.61. The molecule has 1 fully saturated rings. The largest absolute Gasteiger partial charge is 0.322 e. The molecule has 0 aromatic heterocycles. The van der Waals surface area contributed by atoms with Gasteiger partial charge in [0, 0.05) is 37.4 Å². The lowest BCUT2D eigenvalue weighted by Crippen LogP contribution is -2.47. The Morgan fingerprint density at radius 2 is 1.55 bits per heavy atom. The van der Waals surface area contributed by atoms with Gasteiger partial charge in [0.2, 0.25) is 10.0 Å². The van der Waals surface area contributed by atoms with Crippen LogP contribution >= 0.6 is 0 Å². The van der Waals surface area contributed by atoms with Crippen molar-refractivity contribution in [2.75, 3.05) is 38.5 Å². The summed E-state index contributed by atoms with van der Waals surface area (Å²) in [5.41, 5.74) is 3.13. The van der Waals surface area contributed by atoms with Gasteiger partial charge in [-0.25, -0.2) is 8.42 Å². The van der Waals surface area contributed by atoms with Gasteiger partial charge < -0.3 is 10.2 Å². The van der Waals surface area contributed by atoms with Crippen LogP contribution in [0.5, 0.6) is 0 Å². The van der Waals surface area contributed by atoms with Gasteiger partial charge >= 0.3 is 0 Å². The zero-order valence-electron chi connectivity index (χ0n) is 17.3. The van der Waals surface area contributed by atoms with E-state index in [1.165, 1.54) is 5.56 Å². The van der Waals surface area contributed by atoms with E-state index in [9.17, 15) is 13.2 Å². The lowest BCUT2D eigenvalue weighted by molar-refractivity contribution is 0.102. The fraction of sp³-hybridized carbons (Fsp3) is 0.409. The van der Waals surface area contributed by atoms with Crippen LogP contribution in [-0.4, -0.2) is 56.8 Å². The third-order valence-electron chi connectivity index (χ3n) is 5.26. The third-order valence-corrected chi connectivity index (χ3v) is 7.11. The van der Waals surface area contributed by atoms with Crippen LogP contribution in [0.15, 0.2) is 48.5 Å². The second kappa shape index (κ2) is 9.07. The van der Waals surface area contributed by atoms with Gasteiger partial charge in [0.1, 0.15) is 0 Å². The van der Waals surface area contributed by atoms with Crippen molar-refractivity contribution in [3.8, 4) is 0 Å². The zero-order chi connectivity index (χ0) is 21.0. The fourth-order valence-electron chi connectivity index (χ4n) is 3.28. The first-order chi connectivity index (χ1) is 13.7. The van der Waals surface area contributed by atoms with Gasteiger partial charge in [0.25, 0.3) is 5.91 Å². The Labute approximate surface area is 173 Å². The van der Waals surface area contributed by atoms with Crippen LogP contribution in [-0.2, 0) is 15.8 Å². The Morgan fingerprint density at radius 1 is 0.966 bits per heavy atom. The number of benzene rings is 2. The lowest BCUT2D eigenvalue weighted by Gasteiger charge is -2.31. The summed E-state index contributed by atoms with van der Waals surface area (Å²) >= 11 is 0. The number of carbonyl (C=O) groups is 1. The average Bonchev–Trinajstić information content (AvgIpc) is 2.69. The highest BCUT2D eigenvalue weighted by atomic mass is 32.2. The highest BCUT2D eigenvalue weighted by molar-refractivity contribution is 7.88. The SMILES string of the molecule is CC(C)c1ccc(NC(=O)c2ccc(CS(=O)(=O)N3CCN(C)CC3)cc2)cc1. The summed E-state index contributed by atoms with van der Waals surface area (Å²) < 4.78 is 26.8. The van der Waals surface area contributed by atoms with E-state index >= 15 is 0 Å². The second-order valence-corrected chi connectivity index (χ2v) is 9.86. The minimum atomic E-state index is -3.35. The predicted octanol–water partition coefficient (Wildman–Crippen LogP) is 3.14. The predicted molar refractivity (Wildman–Crippen MR) is 117 cm³/mol.